The fourth-order valence-corrected chi connectivity index (χ4v) is 3.49. The van der Waals surface area contributed by atoms with Crippen LogP contribution in [0.3, 0.4) is 0 Å². The number of amides is 2. The van der Waals surface area contributed by atoms with Crippen molar-refractivity contribution in [3.63, 3.8) is 0 Å². The first-order valence-electron chi connectivity index (χ1n) is 9.11. The number of likely N-dealkylation sites (N-methyl/N-ethyl adjacent to an activating group) is 1. The van der Waals surface area contributed by atoms with E-state index in [0.717, 1.165) is 37.2 Å². The fourth-order valence-electron chi connectivity index (χ4n) is 3.49. The van der Waals surface area contributed by atoms with Crippen molar-refractivity contribution in [1.82, 2.24) is 25.3 Å². The van der Waals surface area contributed by atoms with E-state index in [-0.39, 0.29) is 17.9 Å². The lowest BCUT2D eigenvalue weighted by atomic mass is 10.1. The Morgan fingerprint density at radius 1 is 1.24 bits per heavy atom. The van der Waals surface area contributed by atoms with Crippen molar-refractivity contribution in [2.45, 2.75) is 65.1 Å². The van der Waals surface area contributed by atoms with Gasteiger partial charge in [-0.2, -0.15) is 5.10 Å². The first-order chi connectivity index (χ1) is 11.9. The highest BCUT2D eigenvalue weighted by atomic mass is 16.2. The Hall–Kier alpha value is -1.89. The highest BCUT2D eigenvalue weighted by Crippen LogP contribution is 2.24. The molecule has 7 nitrogen and oxygen atoms in total. The SMILES string of the molecule is CC(=O)NC[C@H]1CC[C@@H](CC(=O)NCCCn2nc(C)cc2C)N1C. The molecule has 25 heavy (non-hydrogen) atoms. The molecule has 1 aliphatic rings. The fraction of sp³-hybridized carbons (Fsp3) is 0.722. The van der Waals surface area contributed by atoms with E-state index in [0.29, 0.717) is 25.6 Å². The molecule has 1 aromatic heterocycles. The monoisotopic (exact) mass is 349 g/mol. The molecule has 0 saturated carbocycles. The lowest BCUT2D eigenvalue weighted by molar-refractivity contribution is -0.122. The van der Waals surface area contributed by atoms with Crippen LogP contribution >= 0.6 is 0 Å². The summed E-state index contributed by atoms with van der Waals surface area (Å²) in [4.78, 5) is 25.4. The van der Waals surface area contributed by atoms with Crippen LogP contribution in [0.25, 0.3) is 0 Å². The van der Waals surface area contributed by atoms with E-state index < -0.39 is 0 Å². The van der Waals surface area contributed by atoms with Crippen LogP contribution in [0.15, 0.2) is 6.07 Å². The number of hydrogen-bond donors (Lipinski definition) is 2. The van der Waals surface area contributed by atoms with Gasteiger partial charge in [-0.25, -0.2) is 0 Å². The molecule has 1 saturated heterocycles. The number of nitrogens with zero attached hydrogens (tertiary/aromatic N) is 3. The first kappa shape index (κ1) is 19.4. The summed E-state index contributed by atoms with van der Waals surface area (Å²) in [6.07, 6.45) is 3.42. The second-order valence-electron chi connectivity index (χ2n) is 7.05. The molecule has 7 heteroatoms. The molecule has 1 fully saturated rings. The number of carbonyl (C=O) groups excluding carboxylic acids is 2. The third kappa shape index (κ3) is 5.85. The third-order valence-electron chi connectivity index (χ3n) is 4.96. The third-order valence-corrected chi connectivity index (χ3v) is 4.96. The summed E-state index contributed by atoms with van der Waals surface area (Å²) < 4.78 is 1.98. The van der Waals surface area contributed by atoms with Crippen LogP contribution in [-0.2, 0) is 16.1 Å². The minimum absolute atomic E-state index is 0.00259. The highest BCUT2D eigenvalue weighted by Gasteiger charge is 2.31. The molecule has 0 aliphatic carbocycles. The van der Waals surface area contributed by atoms with Crippen LogP contribution in [0.2, 0.25) is 0 Å². The summed E-state index contributed by atoms with van der Waals surface area (Å²) in [5.41, 5.74) is 2.18. The summed E-state index contributed by atoms with van der Waals surface area (Å²) in [5.74, 6) is 0.0996. The molecule has 0 aromatic carbocycles. The van der Waals surface area contributed by atoms with Crippen molar-refractivity contribution >= 4 is 11.8 Å². The van der Waals surface area contributed by atoms with Crippen LogP contribution in [0.5, 0.6) is 0 Å². The summed E-state index contributed by atoms with van der Waals surface area (Å²) >= 11 is 0. The van der Waals surface area contributed by atoms with Crippen LogP contribution in [0.4, 0.5) is 0 Å². The molecule has 1 aliphatic heterocycles. The molecule has 2 heterocycles. The zero-order valence-electron chi connectivity index (χ0n) is 15.8. The molecule has 0 radical (unpaired) electrons. The van der Waals surface area contributed by atoms with Crippen molar-refractivity contribution in [1.29, 1.82) is 0 Å². The van der Waals surface area contributed by atoms with Gasteiger partial charge in [-0.05, 0) is 46.2 Å². The number of rotatable bonds is 8. The molecular weight excluding hydrogens is 318 g/mol. The van der Waals surface area contributed by atoms with Gasteiger partial charge in [-0.1, -0.05) is 0 Å². The van der Waals surface area contributed by atoms with E-state index >= 15 is 0 Å². The van der Waals surface area contributed by atoms with E-state index in [1.54, 1.807) is 0 Å². The van der Waals surface area contributed by atoms with E-state index in [1.165, 1.54) is 6.92 Å². The van der Waals surface area contributed by atoms with E-state index in [2.05, 4.69) is 26.7 Å². The number of nitrogens with one attached hydrogen (secondary N) is 2. The molecule has 0 spiro atoms. The Morgan fingerprint density at radius 3 is 2.60 bits per heavy atom. The van der Waals surface area contributed by atoms with E-state index in [1.807, 2.05) is 25.6 Å². The summed E-state index contributed by atoms with van der Waals surface area (Å²) in [6.45, 7) is 7.72. The summed E-state index contributed by atoms with van der Waals surface area (Å²) in [7, 11) is 2.04. The molecule has 140 valence electrons. The highest BCUT2D eigenvalue weighted by molar-refractivity contribution is 5.76. The molecule has 2 N–H and O–H groups in total. The zero-order chi connectivity index (χ0) is 18.4. The van der Waals surface area contributed by atoms with Crippen molar-refractivity contribution < 1.29 is 9.59 Å². The lowest BCUT2D eigenvalue weighted by Gasteiger charge is -2.25. The molecule has 1 aromatic rings. The molecule has 2 atom stereocenters. The van der Waals surface area contributed by atoms with Crippen molar-refractivity contribution in [2.24, 2.45) is 0 Å². The van der Waals surface area contributed by atoms with Crippen LogP contribution in [-0.4, -0.2) is 58.7 Å². The van der Waals surface area contributed by atoms with Crippen molar-refractivity contribution in [3.8, 4) is 0 Å². The Labute approximate surface area is 150 Å². The Balaban J connectivity index is 1.65. The second kappa shape index (κ2) is 8.99. The molecule has 0 unspecified atom stereocenters. The largest absolute Gasteiger partial charge is 0.356 e. The van der Waals surface area contributed by atoms with Gasteiger partial charge >= 0.3 is 0 Å². The normalized spacial score (nSPS) is 20.6. The van der Waals surface area contributed by atoms with E-state index in [9.17, 15) is 9.59 Å². The average Bonchev–Trinajstić information content (AvgIpc) is 3.04. The summed E-state index contributed by atoms with van der Waals surface area (Å²) in [6, 6.07) is 2.65. The standard InChI is InChI=1S/C18H31N5O2/c1-13-10-14(2)23(21-13)9-5-8-19-18(25)11-16-6-7-17(22(16)4)12-20-15(3)24/h10,16-17H,5-9,11-12H2,1-4H3,(H,19,25)(H,20,24)/t16-,17+/m0/s1. The number of aryl methyl sites for hydroxylation is 3. The number of likely N-dealkylation sites (tertiary alicyclic amines) is 1. The predicted molar refractivity (Wildman–Crippen MR) is 97.2 cm³/mol. The maximum absolute atomic E-state index is 12.2. The number of aromatic nitrogens is 2. The number of carbonyl (C=O) groups is 2. The van der Waals surface area contributed by atoms with Gasteiger partial charge in [-0.3, -0.25) is 19.2 Å². The first-order valence-corrected chi connectivity index (χ1v) is 9.11. The Bertz CT molecular complexity index is 598. The van der Waals surface area contributed by atoms with Crippen molar-refractivity contribution in [2.75, 3.05) is 20.1 Å². The van der Waals surface area contributed by atoms with E-state index in [4.69, 9.17) is 0 Å². The van der Waals surface area contributed by atoms with Gasteiger partial charge < -0.3 is 10.6 Å². The molecule has 2 rings (SSSR count). The molecule has 2 amide bonds. The van der Waals surface area contributed by atoms with Gasteiger partial charge in [0.1, 0.15) is 0 Å². The predicted octanol–water partition coefficient (Wildman–Crippen LogP) is 0.995. The lowest BCUT2D eigenvalue weighted by Crippen LogP contribution is -2.42. The van der Waals surface area contributed by atoms with Gasteiger partial charge in [0.25, 0.3) is 0 Å². The average molecular weight is 349 g/mol. The second-order valence-corrected chi connectivity index (χ2v) is 7.05. The Kier molecular flexibility index (Phi) is 6.99. The molecule has 0 bridgehead atoms. The van der Waals surface area contributed by atoms with Gasteiger partial charge in [-0.15, -0.1) is 0 Å². The smallest absolute Gasteiger partial charge is 0.221 e. The maximum Gasteiger partial charge on any atom is 0.221 e. The minimum Gasteiger partial charge on any atom is -0.356 e. The van der Waals surface area contributed by atoms with Crippen LogP contribution < -0.4 is 10.6 Å². The van der Waals surface area contributed by atoms with Gasteiger partial charge in [0.2, 0.25) is 11.8 Å². The van der Waals surface area contributed by atoms with Crippen LogP contribution in [0.1, 0.15) is 44.0 Å². The zero-order valence-corrected chi connectivity index (χ0v) is 15.8. The van der Waals surface area contributed by atoms with Gasteiger partial charge in [0.15, 0.2) is 0 Å². The number of hydrogen-bond acceptors (Lipinski definition) is 4. The topological polar surface area (TPSA) is 79.3 Å². The van der Waals surface area contributed by atoms with Gasteiger partial charge in [0, 0.05) is 50.8 Å². The quantitative estimate of drug-likeness (QED) is 0.686. The van der Waals surface area contributed by atoms with Crippen LogP contribution in [0, 0.1) is 13.8 Å². The molecular formula is C18H31N5O2. The van der Waals surface area contributed by atoms with Crippen molar-refractivity contribution in [3.05, 3.63) is 17.5 Å². The van der Waals surface area contributed by atoms with Gasteiger partial charge in [0.05, 0.1) is 5.69 Å². The summed E-state index contributed by atoms with van der Waals surface area (Å²) in [5, 5.41) is 10.3. The Morgan fingerprint density at radius 2 is 1.96 bits per heavy atom. The maximum atomic E-state index is 12.2. The minimum atomic E-state index is -0.00259.